The van der Waals surface area contributed by atoms with Crippen LogP contribution in [0.4, 0.5) is 0 Å². The average Bonchev–Trinajstić information content (AvgIpc) is 2.73. The fourth-order valence-corrected chi connectivity index (χ4v) is 4.53. The minimum absolute atomic E-state index is 0.0354. The van der Waals surface area contributed by atoms with Gasteiger partial charge in [-0.2, -0.15) is 0 Å². The number of amides is 1. The summed E-state index contributed by atoms with van der Waals surface area (Å²) in [6.45, 7) is 6.53. The van der Waals surface area contributed by atoms with E-state index in [1.807, 2.05) is 69.3 Å². The Bertz CT molecular complexity index is 989. The lowest BCUT2D eigenvalue weighted by atomic mass is 9.73. The molecule has 0 fully saturated rings. The van der Waals surface area contributed by atoms with Crippen LogP contribution in [-0.4, -0.2) is 24.4 Å². The molecule has 5 nitrogen and oxygen atoms in total. The van der Waals surface area contributed by atoms with Gasteiger partial charge in [-0.15, -0.1) is 0 Å². The van der Waals surface area contributed by atoms with Crippen LogP contribution in [0.3, 0.4) is 0 Å². The number of allylic oxidation sites excluding steroid dienone is 2. The SMILES string of the molecule is CCOc1ccc(C2CC(=O)NC3=C2C(=O)CC(c2ccc(OC(C)C)cc2)C3)cc1. The first-order valence-electron chi connectivity index (χ1n) is 11.0. The number of carbonyl (C=O) groups is 2. The summed E-state index contributed by atoms with van der Waals surface area (Å²) in [6.07, 6.45) is 1.52. The predicted octanol–water partition coefficient (Wildman–Crippen LogP) is 4.88. The van der Waals surface area contributed by atoms with E-state index in [1.54, 1.807) is 0 Å². The second-order valence-electron chi connectivity index (χ2n) is 8.46. The fraction of sp³-hybridized carbons (Fsp3) is 0.385. The van der Waals surface area contributed by atoms with Crippen molar-refractivity contribution in [2.45, 2.75) is 58.0 Å². The average molecular weight is 420 g/mol. The van der Waals surface area contributed by atoms with Crippen LogP contribution in [0.2, 0.25) is 0 Å². The molecule has 0 saturated carbocycles. The molecule has 1 N–H and O–H groups in total. The first-order valence-corrected chi connectivity index (χ1v) is 11.0. The van der Waals surface area contributed by atoms with Gasteiger partial charge in [0.05, 0.1) is 12.7 Å². The first-order chi connectivity index (χ1) is 14.9. The second-order valence-corrected chi connectivity index (χ2v) is 8.46. The molecule has 0 radical (unpaired) electrons. The third-order valence-electron chi connectivity index (χ3n) is 5.85. The van der Waals surface area contributed by atoms with Gasteiger partial charge in [0.25, 0.3) is 0 Å². The number of hydrogen-bond donors (Lipinski definition) is 1. The number of nitrogens with one attached hydrogen (secondary N) is 1. The first kappa shape index (κ1) is 21.2. The van der Waals surface area contributed by atoms with E-state index in [2.05, 4.69) is 5.32 Å². The number of ketones is 1. The third-order valence-corrected chi connectivity index (χ3v) is 5.85. The highest BCUT2D eigenvalue weighted by Crippen LogP contribution is 2.43. The van der Waals surface area contributed by atoms with Crippen LogP contribution < -0.4 is 14.8 Å². The van der Waals surface area contributed by atoms with Crippen molar-refractivity contribution in [3.05, 3.63) is 70.9 Å². The number of carbonyl (C=O) groups excluding carboxylic acids is 2. The zero-order valence-electron chi connectivity index (χ0n) is 18.3. The summed E-state index contributed by atoms with van der Waals surface area (Å²) in [5.41, 5.74) is 3.61. The van der Waals surface area contributed by atoms with Crippen LogP contribution in [0, 0.1) is 0 Å². The highest BCUT2D eigenvalue weighted by molar-refractivity contribution is 6.02. The summed E-state index contributed by atoms with van der Waals surface area (Å²) in [6, 6.07) is 15.7. The third kappa shape index (κ3) is 4.66. The Labute approximate surface area is 183 Å². The molecule has 2 aromatic rings. The van der Waals surface area contributed by atoms with Gasteiger partial charge in [0.1, 0.15) is 11.5 Å². The number of ether oxygens (including phenoxy) is 2. The Morgan fingerprint density at radius 1 is 0.903 bits per heavy atom. The minimum Gasteiger partial charge on any atom is -0.494 e. The molecule has 31 heavy (non-hydrogen) atoms. The largest absolute Gasteiger partial charge is 0.494 e. The quantitative estimate of drug-likeness (QED) is 0.725. The van der Waals surface area contributed by atoms with Crippen molar-refractivity contribution in [3.8, 4) is 11.5 Å². The van der Waals surface area contributed by atoms with Gasteiger partial charge in [-0.3, -0.25) is 9.59 Å². The Morgan fingerprint density at radius 2 is 1.55 bits per heavy atom. The normalized spacial score (nSPS) is 21.0. The summed E-state index contributed by atoms with van der Waals surface area (Å²) < 4.78 is 11.2. The molecule has 2 unspecified atom stereocenters. The summed E-state index contributed by atoms with van der Waals surface area (Å²) in [5.74, 6) is 1.55. The lowest BCUT2D eigenvalue weighted by Crippen LogP contribution is -2.38. The minimum atomic E-state index is -0.199. The van der Waals surface area contributed by atoms with Crippen molar-refractivity contribution in [1.29, 1.82) is 0 Å². The molecule has 2 aliphatic rings. The fourth-order valence-electron chi connectivity index (χ4n) is 4.53. The maximum absolute atomic E-state index is 13.2. The zero-order chi connectivity index (χ0) is 22.0. The topological polar surface area (TPSA) is 64.6 Å². The van der Waals surface area contributed by atoms with Gasteiger partial charge in [0.2, 0.25) is 5.91 Å². The maximum atomic E-state index is 13.2. The number of hydrogen-bond acceptors (Lipinski definition) is 4. The maximum Gasteiger partial charge on any atom is 0.225 e. The summed E-state index contributed by atoms with van der Waals surface area (Å²) in [7, 11) is 0. The van der Waals surface area contributed by atoms with Crippen LogP contribution in [-0.2, 0) is 9.59 Å². The molecule has 2 atom stereocenters. The van der Waals surface area contributed by atoms with Gasteiger partial charge in [0, 0.05) is 30.0 Å². The van der Waals surface area contributed by atoms with Gasteiger partial charge < -0.3 is 14.8 Å². The summed E-state index contributed by atoms with van der Waals surface area (Å²) in [4.78, 5) is 25.7. The van der Waals surface area contributed by atoms with Crippen molar-refractivity contribution < 1.29 is 19.1 Å². The molecule has 1 aliphatic heterocycles. The predicted molar refractivity (Wildman–Crippen MR) is 119 cm³/mol. The molecule has 0 saturated heterocycles. The smallest absolute Gasteiger partial charge is 0.225 e. The Kier molecular flexibility index (Phi) is 6.12. The summed E-state index contributed by atoms with van der Waals surface area (Å²) in [5, 5.41) is 2.99. The standard InChI is InChI=1S/C26H29NO4/c1-4-30-20-9-7-18(8-10-20)22-15-25(29)27-23-13-19(14-24(28)26(22)23)17-5-11-21(12-6-17)31-16(2)3/h5-12,16,19,22H,4,13-15H2,1-3H3,(H,27,29). The number of benzene rings is 2. The molecule has 1 amide bonds. The second kappa shape index (κ2) is 8.96. The van der Waals surface area contributed by atoms with Gasteiger partial charge >= 0.3 is 0 Å². The molecule has 0 spiro atoms. The van der Waals surface area contributed by atoms with Crippen LogP contribution >= 0.6 is 0 Å². The monoisotopic (exact) mass is 419 g/mol. The van der Waals surface area contributed by atoms with Gasteiger partial charge in [-0.05, 0) is 68.5 Å². The van der Waals surface area contributed by atoms with Crippen LogP contribution in [0.1, 0.15) is 63.0 Å². The molecule has 162 valence electrons. The van der Waals surface area contributed by atoms with E-state index in [4.69, 9.17) is 9.47 Å². The van der Waals surface area contributed by atoms with Gasteiger partial charge in [-0.1, -0.05) is 24.3 Å². The molecule has 0 aromatic heterocycles. The van der Waals surface area contributed by atoms with Gasteiger partial charge in [0.15, 0.2) is 5.78 Å². The van der Waals surface area contributed by atoms with E-state index in [9.17, 15) is 9.59 Å². The van der Waals surface area contributed by atoms with E-state index in [0.717, 1.165) is 33.9 Å². The highest BCUT2D eigenvalue weighted by atomic mass is 16.5. The van der Waals surface area contributed by atoms with Gasteiger partial charge in [-0.25, -0.2) is 0 Å². The zero-order valence-corrected chi connectivity index (χ0v) is 18.3. The van der Waals surface area contributed by atoms with Crippen molar-refractivity contribution >= 4 is 11.7 Å². The van der Waals surface area contributed by atoms with E-state index in [1.165, 1.54) is 0 Å². The lowest BCUT2D eigenvalue weighted by molar-refractivity contribution is -0.122. The van der Waals surface area contributed by atoms with Crippen molar-refractivity contribution in [2.75, 3.05) is 6.61 Å². The van der Waals surface area contributed by atoms with E-state index >= 15 is 0 Å². The lowest BCUT2D eigenvalue weighted by Gasteiger charge is -2.34. The molecule has 0 bridgehead atoms. The Hall–Kier alpha value is -3.08. The molecule has 2 aromatic carbocycles. The van der Waals surface area contributed by atoms with Crippen molar-refractivity contribution in [1.82, 2.24) is 5.32 Å². The molecule has 1 aliphatic carbocycles. The summed E-state index contributed by atoms with van der Waals surface area (Å²) >= 11 is 0. The van der Waals surface area contributed by atoms with Crippen LogP contribution in [0.15, 0.2) is 59.8 Å². The van der Waals surface area contributed by atoms with E-state index in [0.29, 0.717) is 25.9 Å². The van der Waals surface area contributed by atoms with Crippen molar-refractivity contribution in [3.63, 3.8) is 0 Å². The molecule has 1 heterocycles. The number of rotatable bonds is 6. The Morgan fingerprint density at radius 3 is 2.19 bits per heavy atom. The van der Waals surface area contributed by atoms with Crippen molar-refractivity contribution in [2.24, 2.45) is 0 Å². The molecular weight excluding hydrogens is 390 g/mol. The highest BCUT2D eigenvalue weighted by Gasteiger charge is 2.38. The van der Waals surface area contributed by atoms with Crippen LogP contribution in [0.5, 0.6) is 11.5 Å². The Balaban J connectivity index is 1.58. The van der Waals surface area contributed by atoms with E-state index < -0.39 is 0 Å². The van der Waals surface area contributed by atoms with E-state index in [-0.39, 0.29) is 29.6 Å². The molecule has 4 rings (SSSR count). The molecule has 5 heteroatoms. The number of Topliss-reactive ketones (excluding diaryl/α,β-unsaturated/α-hetero) is 1. The molecular formula is C26H29NO4. The van der Waals surface area contributed by atoms with Crippen LogP contribution in [0.25, 0.3) is 0 Å².